The molecule has 0 atom stereocenters. The van der Waals surface area contributed by atoms with Crippen LogP contribution in [0.15, 0.2) is 85.2 Å². The Balaban J connectivity index is 0.000000273. The monoisotopic (exact) mass is 590 g/mol. The van der Waals surface area contributed by atoms with Crippen LogP contribution in [0.2, 0.25) is 0 Å². The summed E-state index contributed by atoms with van der Waals surface area (Å²) in [6, 6.07) is 22.7. The topological polar surface area (TPSA) is 42.4 Å². The second-order valence-electron chi connectivity index (χ2n) is 10.3. The number of halogens is 6. The first-order valence-corrected chi connectivity index (χ1v) is 12.9. The van der Waals surface area contributed by atoms with Gasteiger partial charge in [0, 0.05) is 34.6 Å². The van der Waals surface area contributed by atoms with E-state index in [4.69, 9.17) is 0 Å². The highest BCUT2D eigenvalue weighted by Crippen LogP contribution is 2.37. The molecule has 42 heavy (non-hydrogen) atoms. The molecular weight excluding hydrogens is 554 g/mol. The molecule has 0 aliphatic carbocycles. The summed E-state index contributed by atoms with van der Waals surface area (Å²) in [5.74, 6) is 0. The lowest BCUT2D eigenvalue weighted by molar-refractivity contribution is -0.972. The van der Waals surface area contributed by atoms with E-state index >= 15 is 0 Å². The van der Waals surface area contributed by atoms with Crippen molar-refractivity contribution in [2.45, 2.75) is 66.5 Å². The number of alkyl halides is 6. The van der Waals surface area contributed by atoms with Gasteiger partial charge in [0.05, 0.1) is 11.1 Å². The smallest absolute Gasteiger partial charge is 0.337 e. The van der Waals surface area contributed by atoms with Crippen molar-refractivity contribution in [1.29, 1.82) is 0 Å². The SMILES string of the molecule is C.C.FC(F)(F)c1cnc2c(c1)C[N+](Cc1ccccc1)(Cc1ccccc1)C2.FC(F)(F)c1cnc2c(c1)C[NH2+]C2. The fourth-order valence-corrected chi connectivity index (χ4v) is 5.35. The van der Waals surface area contributed by atoms with Gasteiger partial charge in [-0.3, -0.25) is 9.97 Å². The van der Waals surface area contributed by atoms with Crippen molar-refractivity contribution in [3.8, 4) is 0 Å². The highest BCUT2D eigenvalue weighted by Gasteiger charge is 2.40. The van der Waals surface area contributed by atoms with Gasteiger partial charge in [-0.05, 0) is 12.1 Å². The number of nitrogens with zero attached hydrogens (tertiary/aromatic N) is 3. The number of fused-ring (bicyclic) bond motifs is 2. The zero-order chi connectivity index (χ0) is 28.4. The van der Waals surface area contributed by atoms with E-state index in [0.717, 1.165) is 36.9 Å². The molecule has 0 saturated carbocycles. The molecule has 0 unspecified atom stereocenters. The largest absolute Gasteiger partial charge is 0.417 e. The second-order valence-corrected chi connectivity index (χ2v) is 10.3. The molecule has 2 N–H and O–H groups in total. The maximum Gasteiger partial charge on any atom is 0.417 e. The fraction of sp³-hybridized carbons (Fsp3) is 0.312. The summed E-state index contributed by atoms with van der Waals surface area (Å²) in [6.07, 6.45) is -6.77. The molecule has 2 aromatic carbocycles. The van der Waals surface area contributed by atoms with E-state index in [1.54, 1.807) is 0 Å². The molecule has 0 amide bonds. The maximum absolute atomic E-state index is 13.1. The van der Waals surface area contributed by atoms with Crippen LogP contribution in [0.5, 0.6) is 0 Å². The van der Waals surface area contributed by atoms with Gasteiger partial charge in [-0.1, -0.05) is 75.5 Å². The summed E-state index contributed by atoms with van der Waals surface area (Å²) >= 11 is 0. The summed E-state index contributed by atoms with van der Waals surface area (Å²) in [7, 11) is 0. The lowest BCUT2D eigenvalue weighted by Gasteiger charge is -2.34. The fourth-order valence-electron chi connectivity index (χ4n) is 5.35. The van der Waals surface area contributed by atoms with Crippen LogP contribution >= 0.6 is 0 Å². The lowest BCUT2D eigenvalue weighted by atomic mass is 10.1. The number of hydrogen-bond donors (Lipinski definition) is 1. The second kappa shape index (κ2) is 13.0. The number of quaternary nitrogens is 2. The molecule has 4 heterocycles. The zero-order valence-electron chi connectivity index (χ0n) is 21.5. The van der Waals surface area contributed by atoms with E-state index in [1.807, 2.05) is 41.7 Å². The van der Waals surface area contributed by atoms with Crippen molar-refractivity contribution < 1.29 is 36.1 Å². The zero-order valence-corrected chi connectivity index (χ0v) is 21.5. The van der Waals surface area contributed by atoms with E-state index in [1.165, 1.54) is 23.3 Å². The van der Waals surface area contributed by atoms with Gasteiger partial charge in [-0.15, -0.1) is 0 Å². The van der Waals surface area contributed by atoms with Gasteiger partial charge in [0.15, 0.2) is 0 Å². The maximum atomic E-state index is 13.1. The number of rotatable bonds is 4. The quantitative estimate of drug-likeness (QED) is 0.201. The highest BCUT2D eigenvalue weighted by atomic mass is 19.4. The predicted molar refractivity (Wildman–Crippen MR) is 149 cm³/mol. The van der Waals surface area contributed by atoms with Crippen LogP contribution in [0.1, 0.15) is 59.6 Å². The van der Waals surface area contributed by atoms with Gasteiger partial charge in [-0.25, -0.2) is 0 Å². The third-order valence-electron chi connectivity index (χ3n) is 7.19. The number of benzene rings is 2. The Labute approximate surface area is 242 Å². The third-order valence-corrected chi connectivity index (χ3v) is 7.19. The minimum absolute atomic E-state index is 0. The predicted octanol–water partition coefficient (Wildman–Crippen LogP) is 7.28. The van der Waals surface area contributed by atoms with Crippen LogP contribution in [-0.2, 0) is 51.6 Å². The molecule has 0 bridgehead atoms. The summed E-state index contributed by atoms with van der Waals surface area (Å²) in [5, 5.41) is 1.93. The molecule has 4 aromatic rings. The standard InChI is InChI=1S/C22H20F3N2.C8H7F3N2.2CH4/c23-22(24,25)20-11-19-15-27(16-21(19)26-12-20,13-17-7-3-1-4-8-17)14-18-9-5-2-6-10-18;9-8(10,11)6-1-5-2-12-4-7(5)13-3-6;;/h1-12H,13-16H2;1,3,12H,2,4H2;2*1H4/q+1;;;/p+1. The molecule has 0 radical (unpaired) electrons. The van der Waals surface area contributed by atoms with Crippen LogP contribution in [0.4, 0.5) is 26.3 Å². The lowest BCUT2D eigenvalue weighted by Crippen LogP contribution is -2.77. The summed E-state index contributed by atoms with van der Waals surface area (Å²) in [6.45, 7) is 3.99. The van der Waals surface area contributed by atoms with Crippen LogP contribution in [0, 0.1) is 0 Å². The van der Waals surface area contributed by atoms with Crippen LogP contribution in [0.3, 0.4) is 0 Å². The number of nitrogens with two attached hydrogens (primary N) is 1. The minimum atomic E-state index is -4.36. The van der Waals surface area contributed by atoms with Gasteiger partial charge in [0.2, 0.25) is 0 Å². The Bertz CT molecular complexity index is 1410. The summed E-state index contributed by atoms with van der Waals surface area (Å²) in [5.41, 5.74) is 3.99. The van der Waals surface area contributed by atoms with Crippen molar-refractivity contribution in [1.82, 2.24) is 9.97 Å². The molecule has 6 rings (SSSR count). The Morgan fingerprint density at radius 2 is 1.10 bits per heavy atom. The van der Waals surface area contributed by atoms with E-state index in [9.17, 15) is 26.3 Å². The summed E-state index contributed by atoms with van der Waals surface area (Å²) < 4.78 is 76.6. The molecule has 4 nitrogen and oxygen atoms in total. The average Bonchev–Trinajstić information content (AvgIpc) is 3.52. The van der Waals surface area contributed by atoms with Gasteiger partial charge < -0.3 is 9.80 Å². The van der Waals surface area contributed by atoms with E-state index in [0.29, 0.717) is 41.8 Å². The molecule has 10 heteroatoms. The third kappa shape index (κ3) is 7.74. The molecular formula is C32H36F6N4+2. The molecule has 0 saturated heterocycles. The van der Waals surface area contributed by atoms with Crippen molar-refractivity contribution in [2.24, 2.45) is 0 Å². The van der Waals surface area contributed by atoms with E-state index in [2.05, 4.69) is 34.2 Å². The van der Waals surface area contributed by atoms with Gasteiger partial charge in [0.1, 0.15) is 50.7 Å². The molecule has 0 fully saturated rings. The first-order chi connectivity index (χ1) is 19.0. The Morgan fingerprint density at radius 3 is 1.60 bits per heavy atom. The normalized spacial score (nSPS) is 14.9. The summed E-state index contributed by atoms with van der Waals surface area (Å²) in [4.78, 5) is 7.94. The molecule has 224 valence electrons. The average molecular weight is 591 g/mol. The van der Waals surface area contributed by atoms with Crippen molar-refractivity contribution in [3.05, 3.63) is 130 Å². The molecule has 2 aliphatic rings. The van der Waals surface area contributed by atoms with Crippen LogP contribution in [0.25, 0.3) is 0 Å². The first kappa shape index (κ1) is 32.8. The Hall–Kier alpha value is -3.76. The van der Waals surface area contributed by atoms with Gasteiger partial charge in [-0.2, -0.15) is 26.3 Å². The Kier molecular flexibility index (Phi) is 10.2. The number of aromatic nitrogens is 2. The van der Waals surface area contributed by atoms with E-state index in [-0.39, 0.29) is 14.9 Å². The Morgan fingerprint density at radius 1 is 0.619 bits per heavy atom. The van der Waals surface area contributed by atoms with Crippen molar-refractivity contribution >= 4 is 0 Å². The van der Waals surface area contributed by atoms with E-state index < -0.39 is 23.5 Å². The van der Waals surface area contributed by atoms with Crippen LogP contribution in [-0.4, -0.2) is 14.5 Å². The minimum Gasteiger partial charge on any atom is -0.337 e. The highest BCUT2D eigenvalue weighted by molar-refractivity contribution is 5.29. The molecule has 2 aromatic heterocycles. The van der Waals surface area contributed by atoms with Crippen molar-refractivity contribution in [2.75, 3.05) is 0 Å². The molecule has 0 spiro atoms. The molecule has 2 aliphatic heterocycles. The van der Waals surface area contributed by atoms with Crippen molar-refractivity contribution in [3.63, 3.8) is 0 Å². The first-order valence-electron chi connectivity index (χ1n) is 12.9. The van der Waals surface area contributed by atoms with Gasteiger partial charge in [0.25, 0.3) is 0 Å². The van der Waals surface area contributed by atoms with Gasteiger partial charge >= 0.3 is 12.4 Å². The van der Waals surface area contributed by atoms with Crippen LogP contribution < -0.4 is 5.32 Å². The number of hydrogen-bond acceptors (Lipinski definition) is 2. The number of pyridine rings is 2.